The highest BCUT2D eigenvalue weighted by atomic mass is 16.5. The first-order chi connectivity index (χ1) is 14.2. The quantitative estimate of drug-likeness (QED) is 0.491. The van der Waals surface area contributed by atoms with Gasteiger partial charge in [-0.3, -0.25) is 9.59 Å². The summed E-state index contributed by atoms with van der Waals surface area (Å²) in [7, 11) is 0. The number of nitrogens with zero attached hydrogens (tertiary/aromatic N) is 4. The summed E-state index contributed by atoms with van der Waals surface area (Å²) >= 11 is 0. The first kappa shape index (κ1) is 21.1. The number of carbonyl (C=O) groups is 3. The number of rotatable bonds is 6. The van der Waals surface area contributed by atoms with Gasteiger partial charge in [-0.1, -0.05) is 13.8 Å². The van der Waals surface area contributed by atoms with Crippen molar-refractivity contribution in [3.63, 3.8) is 0 Å². The fourth-order valence-corrected chi connectivity index (χ4v) is 2.76. The number of amides is 1. The molecule has 30 heavy (non-hydrogen) atoms. The Morgan fingerprint density at radius 3 is 2.33 bits per heavy atom. The molecule has 0 spiro atoms. The Morgan fingerprint density at radius 1 is 1.03 bits per heavy atom. The smallest absolute Gasteiger partial charge is 0.379 e. The fraction of sp³-hybridized carbons (Fsp3) is 0.333. The minimum atomic E-state index is -1.03. The normalized spacial score (nSPS) is 12.1. The molecule has 3 aromatic rings. The second kappa shape index (κ2) is 8.40. The maximum absolute atomic E-state index is 12.6. The summed E-state index contributed by atoms with van der Waals surface area (Å²) in [6.07, 6.45) is -1.03. The van der Waals surface area contributed by atoms with Crippen molar-refractivity contribution < 1.29 is 19.1 Å². The molecular weight excluding hydrogens is 386 g/mol. The standard InChI is InChI=1S/C21H23N5O4/c1-11(2)19(28)23-16-8-6-15(7-9-16)17(27)14(5)30-20(29)18-24-21-22-12(3)10-13(4)26(21)25-18/h6-11,14H,1-5H3,(H,23,28). The molecule has 1 amide bonds. The Morgan fingerprint density at radius 2 is 1.70 bits per heavy atom. The summed E-state index contributed by atoms with van der Waals surface area (Å²) in [5.41, 5.74) is 2.47. The summed E-state index contributed by atoms with van der Waals surface area (Å²) in [5, 5.41) is 6.86. The van der Waals surface area contributed by atoms with E-state index in [1.54, 1.807) is 38.1 Å². The van der Waals surface area contributed by atoms with Gasteiger partial charge in [-0.15, -0.1) is 5.10 Å². The van der Waals surface area contributed by atoms with Crippen molar-refractivity contribution in [1.82, 2.24) is 19.6 Å². The molecule has 1 aromatic carbocycles. The van der Waals surface area contributed by atoms with Crippen molar-refractivity contribution in [2.45, 2.75) is 40.7 Å². The number of carbonyl (C=O) groups excluding carboxylic acids is 3. The van der Waals surface area contributed by atoms with Gasteiger partial charge in [0.15, 0.2) is 6.10 Å². The molecule has 0 aliphatic rings. The Hall–Kier alpha value is -3.62. The van der Waals surface area contributed by atoms with Gasteiger partial charge in [0.25, 0.3) is 11.6 Å². The molecule has 0 radical (unpaired) electrons. The summed E-state index contributed by atoms with van der Waals surface area (Å²) in [4.78, 5) is 45.1. The van der Waals surface area contributed by atoms with Crippen LogP contribution in [0.5, 0.6) is 0 Å². The average molecular weight is 409 g/mol. The second-order valence-electron chi connectivity index (χ2n) is 7.32. The average Bonchev–Trinajstić information content (AvgIpc) is 3.12. The van der Waals surface area contributed by atoms with Gasteiger partial charge >= 0.3 is 5.97 Å². The third kappa shape index (κ3) is 4.51. The highest BCUT2D eigenvalue weighted by Crippen LogP contribution is 2.14. The van der Waals surface area contributed by atoms with Crippen LogP contribution in [-0.4, -0.2) is 43.3 Å². The van der Waals surface area contributed by atoms with E-state index < -0.39 is 12.1 Å². The third-order valence-corrected chi connectivity index (χ3v) is 4.42. The molecule has 156 valence electrons. The summed E-state index contributed by atoms with van der Waals surface area (Å²) in [5.74, 6) is -1.32. The number of Topliss-reactive ketones (excluding diaryl/α,β-unsaturated/α-hetero) is 1. The number of hydrogen-bond acceptors (Lipinski definition) is 7. The molecule has 1 N–H and O–H groups in total. The number of nitrogens with one attached hydrogen (secondary N) is 1. The number of anilines is 1. The lowest BCUT2D eigenvalue weighted by molar-refractivity contribution is -0.118. The van der Waals surface area contributed by atoms with Crippen molar-refractivity contribution in [2.75, 3.05) is 5.32 Å². The van der Waals surface area contributed by atoms with Crippen LogP contribution in [-0.2, 0) is 9.53 Å². The van der Waals surface area contributed by atoms with Crippen LogP contribution in [0.25, 0.3) is 5.78 Å². The van der Waals surface area contributed by atoms with E-state index in [-0.39, 0.29) is 29.2 Å². The highest BCUT2D eigenvalue weighted by Gasteiger charge is 2.24. The number of aromatic nitrogens is 4. The summed E-state index contributed by atoms with van der Waals surface area (Å²) in [6, 6.07) is 8.21. The fourth-order valence-electron chi connectivity index (χ4n) is 2.76. The molecule has 9 heteroatoms. The van der Waals surface area contributed by atoms with E-state index in [4.69, 9.17) is 4.74 Å². The second-order valence-corrected chi connectivity index (χ2v) is 7.32. The predicted octanol–water partition coefficient (Wildman–Crippen LogP) is 2.76. The van der Waals surface area contributed by atoms with E-state index in [2.05, 4.69) is 20.4 Å². The molecule has 0 aliphatic carbocycles. The molecule has 2 heterocycles. The number of fused-ring (bicyclic) bond motifs is 1. The topological polar surface area (TPSA) is 116 Å². The van der Waals surface area contributed by atoms with Gasteiger partial charge in [0.05, 0.1) is 0 Å². The highest BCUT2D eigenvalue weighted by molar-refractivity contribution is 6.01. The van der Waals surface area contributed by atoms with E-state index >= 15 is 0 Å². The van der Waals surface area contributed by atoms with E-state index in [9.17, 15) is 14.4 Å². The van der Waals surface area contributed by atoms with Gasteiger partial charge in [-0.05, 0) is 51.1 Å². The molecular formula is C21H23N5O4. The van der Waals surface area contributed by atoms with Crippen molar-refractivity contribution in [2.24, 2.45) is 5.92 Å². The van der Waals surface area contributed by atoms with Crippen molar-refractivity contribution in [1.29, 1.82) is 0 Å². The minimum Gasteiger partial charge on any atom is -0.448 e. The van der Waals surface area contributed by atoms with Crippen LogP contribution in [0, 0.1) is 19.8 Å². The van der Waals surface area contributed by atoms with Crippen LogP contribution in [0.1, 0.15) is 53.1 Å². The minimum absolute atomic E-state index is 0.115. The number of aryl methyl sites for hydroxylation is 2. The van der Waals surface area contributed by atoms with E-state index in [0.717, 1.165) is 11.4 Å². The maximum Gasteiger partial charge on any atom is 0.379 e. The van der Waals surface area contributed by atoms with Crippen LogP contribution in [0.15, 0.2) is 30.3 Å². The predicted molar refractivity (Wildman–Crippen MR) is 109 cm³/mol. The van der Waals surface area contributed by atoms with Gasteiger partial charge in [0.2, 0.25) is 11.7 Å². The van der Waals surface area contributed by atoms with Crippen LogP contribution >= 0.6 is 0 Å². The van der Waals surface area contributed by atoms with Gasteiger partial charge in [0, 0.05) is 28.6 Å². The number of ketones is 1. The monoisotopic (exact) mass is 409 g/mol. The SMILES string of the molecule is Cc1cc(C)n2nc(C(=O)OC(C)C(=O)c3ccc(NC(=O)C(C)C)cc3)nc2n1. The summed E-state index contributed by atoms with van der Waals surface area (Å²) in [6.45, 7) is 8.71. The zero-order chi connectivity index (χ0) is 22.0. The number of hydrogen-bond donors (Lipinski definition) is 1. The van der Waals surface area contributed by atoms with Crippen molar-refractivity contribution in [3.05, 3.63) is 53.1 Å². The van der Waals surface area contributed by atoms with E-state index in [0.29, 0.717) is 11.3 Å². The molecule has 3 rings (SSSR count). The maximum atomic E-state index is 12.6. The summed E-state index contributed by atoms with van der Waals surface area (Å²) < 4.78 is 6.70. The van der Waals surface area contributed by atoms with Gasteiger partial charge in [0.1, 0.15) is 0 Å². The molecule has 0 saturated carbocycles. The molecule has 0 saturated heterocycles. The molecule has 0 bridgehead atoms. The Labute approximate surface area is 173 Å². The molecule has 1 unspecified atom stereocenters. The zero-order valence-corrected chi connectivity index (χ0v) is 17.5. The van der Waals surface area contributed by atoms with Gasteiger partial charge in [-0.25, -0.2) is 14.3 Å². The van der Waals surface area contributed by atoms with Gasteiger partial charge in [-0.2, -0.15) is 4.98 Å². The lowest BCUT2D eigenvalue weighted by atomic mass is 10.1. The van der Waals surface area contributed by atoms with Crippen LogP contribution in [0.2, 0.25) is 0 Å². The largest absolute Gasteiger partial charge is 0.448 e. The molecule has 9 nitrogen and oxygen atoms in total. The Balaban J connectivity index is 1.68. The van der Waals surface area contributed by atoms with E-state index in [1.165, 1.54) is 11.4 Å². The Kier molecular flexibility index (Phi) is 5.91. The van der Waals surface area contributed by atoms with E-state index in [1.807, 2.05) is 19.9 Å². The van der Waals surface area contributed by atoms with Crippen molar-refractivity contribution in [3.8, 4) is 0 Å². The van der Waals surface area contributed by atoms with Crippen LogP contribution < -0.4 is 5.32 Å². The first-order valence-corrected chi connectivity index (χ1v) is 9.53. The number of ether oxygens (including phenoxy) is 1. The van der Waals surface area contributed by atoms with Gasteiger partial charge < -0.3 is 10.1 Å². The lowest BCUT2D eigenvalue weighted by Crippen LogP contribution is -2.25. The first-order valence-electron chi connectivity index (χ1n) is 9.53. The molecule has 0 aliphatic heterocycles. The molecule has 0 fully saturated rings. The molecule has 1 atom stereocenters. The zero-order valence-electron chi connectivity index (χ0n) is 17.5. The number of esters is 1. The third-order valence-electron chi connectivity index (χ3n) is 4.42. The van der Waals surface area contributed by atoms with Crippen LogP contribution in [0.4, 0.5) is 5.69 Å². The number of benzene rings is 1. The van der Waals surface area contributed by atoms with Crippen LogP contribution in [0.3, 0.4) is 0 Å². The lowest BCUT2D eigenvalue weighted by Gasteiger charge is -2.12. The van der Waals surface area contributed by atoms with Crippen molar-refractivity contribution >= 4 is 29.1 Å². The Bertz CT molecular complexity index is 1120. The molecule has 2 aromatic heterocycles.